The van der Waals surface area contributed by atoms with Crippen LogP contribution >= 0.6 is 11.8 Å². The Morgan fingerprint density at radius 2 is 1.71 bits per heavy atom. The lowest BCUT2D eigenvalue weighted by Crippen LogP contribution is -2.50. The van der Waals surface area contributed by atoms with E-state index in [0.29, 0.717) is 29.0 Å². The lowest BCUT2D eigenvalue weighted by molar-refractivity contribution is -0.123. The lowest BCUT2D eigenvalue weighted by atomic mass is 9.95. The van der Waals surface area contributed by atoms with Gasteiger partial charge in [0.05, 0.1) is 18.4 Å². The van der Waals surface area contributed by atoms with Crippen molar-refractivity contribution >= 4 is 35.2 Å². The Morgan fingerprint density at radius 3 is 2.38 bits per heavy atom. The molecular formula is C26H33N3O4S. The summed E-state index contributed by atoms with van der Waals surface area (Å²) in [6.45, 7) is 0. The molecule has 1 aliphatic carbocycles. The first kappa shape index (κ1) is 25.6. The van der Waals surface area contributed by atoms with Gasteiger partial charge in [-0.2, -0.15) is 11.8 Å². The Hall–Kier alpha value is -3.00. The normalized spacial score (nSPS) is 14.6. The number of thioether (sulfide) groups is 1. The molecule has 8 heteroatoms. The molecule has 0 aliphatic heterocycles. The fraction of sp³-hybridized carbons (Fsp3) is 0.423. The molecule has 1 aliphatic rings. The van der Waals surface area contributed by atoms with Crippen molar-refractivity contribution in [2.24, 2.45) is 0 Å². The van der Waals surface area contributed by atoms with Gasteiger partial charge in [-0.1, -0.05) is 31.4 Å². The quantitative estimate of drug-likeness (QED) is 0.470. The molecular weight excluding hydrogens is 450 g/mol. The summed E-state index contributed by atoms with van der Waals surface area (Å²) in [6, 6.07) is 13.1. The average Bonchev–Trinajstić information content (AvgIpc) is 2.87. The molecule has 3 amide bonds. The highest BCUT2D eigenvalue weighted by molar-refractivity contribution is 7.98. The summed E-state index contributed by atoms with van der Waals surface area (Å²) in [5.41, 5.74) is 1.14. The zero-order valence-electron chi connectivity index (χ0n) is 19.8. The summed E-state index contributed by atoms with van der Waals surface area (Å²) in [4.78, 5) is 38.9. The zero-order chi connectivity index (χ0) is 24.3. The second-order valence-corrected chi connectivity index (χ2v) is 9.36. The molecule has 1 fully saturated rings. The van der Waals surface area contributed by atoms with Crippen LogP contribution in [0.15, 0.2) is 48.5 Å². The van der Waals surface area contributed by atoms with Crippen LogP contribution in [-0.2, 0) is 4.79 Å². The molecule has 7 nitrogen and oxygen atoms in total. The van der Waals surface area contributed by atoms with Crippen molar-refractivity contribution in [2.45, 2.75) is 50.6 Å². The summed E-state index contributed by atoms with van der Waals surface area (Å²) >= 11 is 1.63. The minimum Gasteiger partial charge on any atom is -0.497 e. The first-order valence-corrected chi connectivity index (χ1v) is 13.1. The number of methoxy groups -OCH3 is 1. The summed E-state index contributed by atoms with van der Waals surface area (Å²) in [5, 5.41) is 8.82. The molecule has 0 bridgehead atoms. The van der Waals surface area contributed by atoms with Crippen LogP contribution in [-0.4, -0.2) is 48.9 Å². The SMILES string of the molecule is COc1ccc(C(=O)Nc2ccccc2C(=O)N[C@H](CCSC)C(=O)NC2CCCCC2)cc1. The van der Waals surface area contributed by atoms with Crippen LogP contribution in [0.5, 0.6) is 5.75 Å². The Morgan fingerprint density at radius 1 is 1.00 bits per heavy atom. The Bertz CT molecular complexity index is 974. The van der Waals surface area contributed by atoms with E-state index in [-0.39, 0.29) is 17.9 Å². The number of carbonyl (C=O) groups is 3. The number of benzene rings is 2. The molecule has 3 N–H and O–H groups in total. The second-order valence-electron chi connectivity index (χ2n) is 8.38. The van der Waals surface area contributed by atoms with E-state index >= 15 is 0 Å². The Kier molecular flexibility index (Phi) is 9.82. The summed E-state index contributed by atoms with van der Waals surface area (Å²) < 4.78 is 5.13. The first-order chi connectivity index (χ1) is 16.5. The monoisotopic (exact) mass is 483 g/mol. The average molecular weight is 484 g/mol. The number of ether oxygens (including phenoxy) is 1. The number of amides is 3. The van der Waals surface area contributed by atoms with Gasteiger partial charge in [-0.25, -0.2) is 0 Å². The Labute approximate surface area is 205 Å². The molecule has 0 heterocycles. The van der Waals surface area contributed by atoms with Crippen molar-refractivity contribution < 1.29 is 19.1 Å². The number of nitrogens with one attached hydrogen (secondary N) is 3. The number of rotatable bonds is 10. The highest BCUT2D eigenvalue weighted by Crippen LogP contribution is 2.20. The van der Waals surface area contributed by atoms with Crippen molar-refractivity contribution in [3.63, 3.8) is 0 Å². The van der Waals surface area contributed by atoms with E-state index in [1.165, 1.54) is 6.42 Å². The maximum atomic E-state index is 13.2. The van der Waals surface area contributed by atoms with E-state index in [9.17, 15) is 14.4 Å². The fourth-order valence-corrected chi connectivity index (χ4v) is 4.49. The van der Waals surface area contributed by atoms with Crippen LogP contribution in [0.2, 0.25) is 0 Å². The van der Waals surface area contributed by atoms with Crippen LogP contribution in [0.25, 0.3) is 0 Å². The second kappa shape index (κ2) is 13.0. The molecule has 182 valence electrons. The predicted molar refractivity (Wildman–Crippen MR) is 137 cm³/mol. The molecule has 3 rings (SSSR count). The maximum Gasteiger partial charge on any atom is 0.255 e. The van der Waals surface area contributed by atoms with E-state index in [0.717, 1.165) is 31.4 Å². The number of hydrogen-bond donors (Lipinski definition) is 3. The maximum absolute atomic E-state index is 13.2. The minimum atomic E-state index is -0.632. The van der Waals surface area contributed by atoms with Crippen LogP contribution in [0, 0.1) is 0 Å². The van der Waals surface area contributed by atoms with Crippen molar-refractivity contribution in [2.75, 3.05) is 24.4 Å². The van der Waals surface area contributed by atoms with Gasteiger partial charge in [0.2, 0.25) is 5.91 Å². The third kappa shape index (κ3) is 7.25. The molecule has 1 saturated carbocycles. The van der Waals surface area contributed by atoms with Gasteiger partial charge in [0.15, 0.2) is 0 Å². The lowest BCUT2D eigenvalue weighted by Gasteiger charge is -2.26. The number of para-hydroxylation sites is 1. The number of carbonyl (C=O) groups excluding carboxylic acids is 3. The number of hydrogen-bond acceptors (Lipinski definition) is 5. The molecule has 0 unspecified atom stereocenters. The summed E-state index contributed by atoms with van der Waals surface area (Å²) in [7, 11) is 1.56. The van der Waals surface area contributed by atoms with E-state index in [1.54, 1.807) is 67.4 Å². The Balaban J connectivity index is 1.70. The van der Waals surface area contributed by atoms with Crippen LogP contribution < -0.4 is 20.7 Å². The van der Waals surface area contributed by atoms with Crippen molar-refractivity contribution in [3.8, 4) is 5.75 Å². The van der Waals surface area contributed by atoms with Crippen molar-refractivity contribution in [1.29, 1.82) is 0 Å². The smallest absolute Gasteiger partial charge is 0.255 e. The third-order valence-corrected chi connectivity index (χ3v) is 6.60. The molecule has 2 aromatic rings. The van der Waals surface area contributed by atoms with Gasteiger partial charge in [-0.15, -0.1) is 0 Å². The minimum absolute atomic E-state index is 0.144. The van der Waals surface area contributed by atoms with Crippen molar-refractivity contribution in [3.05, 3.63) is 59.7 Å². The first-order valence-electron chi connectivity index (χ1n) is 11.7. The van der Waals surface area contributed by atoms with E-state index in [4.69, 9.17) is 4.74 Å². The molecule has 2 aromatic carbocycles. The van der Waals surface area contributed by atoms with Crippen LogP contribution in [0.3, 0.4) is 0 Å². The zero-order valence-corrected chi connectivity index (χ0v) is 20.6. The summed E-state index contributed by atoms with van der Waals surface area (Å²) in [5.74, 6) is 0.527. The van der Waals surface area contributed by atoms with Crippen LogP contribution in [0.4, 0.5) is 5.69 Å². The van der Waals surface area contributed by atoms with Gasteiger partial charge in [0, 0.05) is 11.6 Å². The largest absolute Gasteiger partial charge is 0.497 e. The molecule has 0 saturated heterocycles. The topological polar surface area (TPSA) is 96.5 Å². The molecule has 0 radical (unpaired) electrons. The summed E-state index contributed by atoms with van der Waals surface area (Å²) in [6.07, 6.45) is 7.91. The third-order valence-electron chi connectivity index (χ3n) is 5.96. The van der Waals surface area contributed by atoms with Crippen molar-refractivity contribution in [1.82, 2.24) is 10.6 Å². The van der Waals surface area contributed by atoms with E-state index in [1.807, 2.05) is 6.26 Å². The highest BCUT2D eigenvalue weighted by Gasteiger charge is 2.25. The molecule has 0 aromatic heterocycles. The molecule has 0 spiro atoms. The van der Waals surface area contributed by atoms with Gasteiger partial charge in [0.25, 0.3) is 11.8 Å². The van der Waals surface area contributed by atoms with E-state index in [2.05, 4.69) is 16.0 Å². The van der Waals surface area contributed by atoms with Gasteiger partial charge in [0.1, 0.15) is 11.8 Å². The predicted octanol–water partition coefficient (Wildman–Crippen LogP) is 4.25. The van der Waals surface area contributed by atoms with Gasteiger partial charge in [-0.05, 0) is 67.7 Å². The standard InChI is InChI=1S/C26H33N3O4S/c1-33-20-14-12-18(13-15-20)24(30)28-22-11-7-6-10-21(22)25(31)29-23(16-17-34-2)26(32)27-19-8-4-3-5-9-19/h6-7,10-15,19,23H,3-5,8-9,16-17H2,1-2H3,(H,27,32)(H,28,30)(H,29,31)/t23-/m1/s1. The van der Waals surface area contributed by atoms with Gasteiger partial charge < -0.3 is 20.7 Å². The highest BCUT2D eigenvalue weighted by atomic mass is 32.2. The molecule has 34 heavy (non-hydrogen) atoms. The van der Waals surface area contributed by atoms with Crippen LogP contribution in [0.1, 0.15) is 59.2 Å². The number of anilines is 1. The van der Waals surface area contributed by atoms with Gasteiger partial charge in [-0.3, -0.25) is 14.4 Å². The van der Waals surface area contributed by atoms with Gasteiger partial charge >= 0.3 is 0 Å². The van der Waals surface area contributed by atoms with E-state index < -0.39 is 11.9 Å². The molecule has 1 atom stereocenters. The fourth-order valence-electron chi connectivity index (χ4n) is 4.02.